The van der Waals surface area contributed by atoms with Crippen LogP contribution in [0.3, 0.4) is 0 Å². The van der Waals surface area contributed by atoms with Gasteiger partial charge < -0.3 is 15.9 Å². The lowest BCUT2D eigenvalue weighted by molar-refractivity contribution is -0.144. The Hall–Kier alpha value is -0.610. The highest BCUT2D eigenvalue weighted by atomic mass is 16.4. The van der Waals surface area contributed by atoms with Crippen LogP contribution in [0.15, 0.2) is 0 Å². The van der Waals surface area contributed by atoms with E-state index in [1.807, 2.05) is 0 Å². The summed E-state index contributed by atoms with van der Waals surface area (Å²) in [5, 5.41) is 17.7. The Labute approximate surface area is 65.0 Å². The fraction of sp³-hybridized carbons (Fsp3) is 0.857. The van der Waals surface area contributed by atoms with Gasteiger partial charge in [-0.25, -0.2) is 0 Å². The van der Waals surface area contributed by atoms with E-state index >= 15 is 0 Å². The van der Waals surface area contributed by atoms with Crippen LogP contribution in [0.5, 0.6) is 0 Å². The average Bonchev–Trinajstić information content (AvgIpc) is 1.85. The van der Waals surface area contributed by atoms with E-state index in [9.17, 15) is 4.79 Å². The fourth-order valence-electron chi connectivity index (χ4n) is 1.49. The van der Waals surface area contributed by atoms with Crippen LogP contribution in [0.4, 0.5) is 0 Å². The second-order valence-electron chi connectivity index (χ2n) is 3.08. The molecular formula is C7H13NO3. The topological polar surface area (TPSA) is 83.5 Å². The van der Waals surface area contributed by atoms with Crippen LogP contribution in [0.1, 0.15) is 19.3 Å². The maximum atomic E-state index is 10.5. The van der Waals surface area contributed by atoms with E-state index in [4.69, 9.17) is 15.9 Å². The summed E-state index contributed by atoms with van der Waals surface area (Å²) in [5.41, 5.74) is 5.53. The second-order valence-corrected chi connectivity index (χ2v) is 3.08. The monoisotopic (exact) mass is 159 g/mol. The Morgan fingerprint density at radius 3 is 2.55 bits per heavy atom. The van der Waals surface area contributed by atoms with Crippen molar-refractivity contribution >= 4 is 5.97 Å². The molecule has 1 fully saturated rings. The zero-order chi connectivity index (χ0) is 8.43. The molecule has 0 bridgehead atoms. The van der Waals surface area contributed by atoms with Crippen LogP contribution < -0.4 is 5.73 Å². The van der Waals surface area contributed by atoms with E-state index in [1.165, 1.54) is 0 Å². The number of nitrogens with two attached hydrogens (primary N) is 1. The predicted octanol–water partition coefficient (Wildman–Crippen LogP) is -0.441. The number of aliphatic hydroxyl groups is 1. The summed E-state index contributed by atoms with van der Waals surface area (Å²) in [5.74, 6) is -1.30. The highest BCUT2D eigenvalue weighted by Crippen LogP contribution is 2.23. The van der Waals surface area contributed by atoms with Crippen molar-refractivity contribution in [1.82, 2.24) is 0 Å². The first-order valence-electron chi connectivity index (χ1n) is 3.77. The number of carboxylic acid groups (broad SMARTS) is 1. The zero-order valence-electron chi connectivity index (χ0n) is 6.23. The van der Waals surface area contributed by atoms with Gasteiger partial charge in [-0.15, -0.1) is 0 Å². The third-order valence-electron chi connectivity index (χ3n) is 2.19. The molecule has 0 heterocycles. The number of aliphatic hydroxyl groups excluding tert-OH is 1. The van der Waals surface area contributed by atoms with Crippen LogP contribution in [-0.2, 0) is 4.79 Å². The van der Waals surface area contributed by atoms with E-state index in [0.717, 1.165) is 0 Å². The minimum Gasteiger partial charge on any atom is -0.481 e. The summed E-state index contributed by atoms with van der Waals surface area (Å²) in [6.45, 7) is 0. The minimum absolute atomic E-state index is 0.378. The van der Waals surface area contributed by atoms with E-state index in [2.05, 4.69) is 0 Å². The molecule has 64 valence electrons. The van der Waals surface area contributed by atoms with Crippen molar-refractivity contribution in [2.75, 3.05) is 0 Å². The molecule has 4 nitrogen and oxygen atoms in total. The molecular weight excluding hydrogens is 146 g/mol. The zero-order valence-corrected chi connectivity index (χ0v) is 6.23. The van der Waals surface area contributed by atoms with Gasteiger partial charge in [0.1, 0.15) is 0 Å². The third kappa shape index (κ3) is 1.91. The average molecular weight is 159 g/mol. The van der Waals surface area contributed by atoms with Crippen molar-refractivity contribution in [2.45, 2.75) is 31.4 Å². The van der Waals surface area contributed by atoms with Crippen molar-refractivity contribution in [1.29, 1.82) is 0 Å². The number of hydrogen-bond acceptors (Lipinski definition) is 3. The quantitative estimate of drug-likeness (QED) is 0.484. The standard InChI is InChI=1S/C7H13NO3/c8-6-3-4(9)1-2-5(6)7(10)11/h4-6,9H,1-3,8H2,(H,10,11)/t4-,5-,6+/m0/s1. The largest absolute Gasteiger partial charge is 0.481 e. The Morgan fingerprint density at radius 1 is 1.45 bits per heavy atom. The Bertz CT molecular complexity index is 160. The fourth-order valence-corrected chi connectivity index (χ4v) is 1.49. The number of hydrogen-bond donors (Lipinski definition) is 3. The van der Waals surface area contributed by atoms with Crippen molar-refractivity contribution < 1.29 is 15.0 Å². The molecule has 4 heteroatoms. The molecule has 0 aromatic heterocycles. The van der Waals surface area contributed by atoms with Crippen LogP contribution in [-0.4, -0.2) is 28.3 Å². The number of aliphatic carboxylic acids is 1. The molecule has 0 aromatic carbocycles. The smallest absolute Gasteiger partial charge is 0.308 e. The summed E-state index contributed by atoms with van der Waals surface area (Å²) < 4.78 is 0. The number of carboxylic acids is 1. The maximum Gasteiger partial charge on any atom is 0.308 e. The Kier molecular flexibility index (Phi) is 2.46. The van der Waals surface area contributed by atoms with E-state index in [1.54, 1.807) is 0 Å². The molecule has 0 saturated heterocycles. The molecule has 0 aromatic rings. The molecule has 1 aliphatic carbocycles. The normalized spacial score (nSPS) is 38.5. The van der Waals surface area contributed by atoms with Crippen LogP contribution in [0.2, 0.25) is 0 Å². The van der Waals surface area contributed by atoms with Gasteiger partial charge in [0.15, 0.2) is 0 Å². The van der Waals surface area contributed by atoms with Crippen LogP contribution >= 0.6 is 0 Å². The number of carbonyl (C=O) groups is 1. The lowest BCUT2D eigenvalue weighted by Crippen LogP contribution is -2.42. The predicted molar refractivity (Wildman–Crippen MR) is 39.0 cm³/mol. The highest BCUT2D eigenvalue weighted by Gasteiger charge is 2.31. The molecule has 1 rings (SSSR count). The van der Waals surface area contributed by atoms with E-state index in [0.29, 0.717) is 19.3 Å². The molecule has 0 unspecified atom stereocenters. The SMILES string of the molecule is N[C@@H]1C[C@@H](O)CC[C@@H]1C(=O)O. The lowest BCUT2D eigenvalue weighted by Gasteiger charge is -2.28. The summed E-state index contributed by atoms with van der Waals surface area (Å²) in [7, 11) is 0. The van der Waals surface area contributed by atoms with Gasteiger partial charge in [0.05, 0.1) is 12.0 Å². The van der Waals surface area contributed by atoms with Crippen molar-refractivity contribution in [2.24, 2.45) is 11.7 Å². The summed E-state index contributed by atoms with van der Waals surface area (Å²) >= 11 is 0. The van der Waals surface area contributed by atoms with Crippen LogP contribution in [0, 0.1) is 5.92 Å². The van der Waals surface area contributed by atoms with Gasteiger partial charge in [-0.05, 0) is 19.3 Å². The number of rotatable bonds is 1. The van der Waals surface area contributed by atoms with Gasteiger partial charge >= 0.3 is 5.97 Å². The van der Waals surface area contributed by atoms with E-state index < -0.39 is 18.0 Å². The highest BCUT2D eigenvalue weighted by molar-refractivity contribution is 5.71. The Balaban J connectivity index is 2.50. The molecule has 0 amide bonds. The Morgan fingerprint density at radius 2 is 2.09 bits per heavy atom. The van der Waals surface area contributed by atoms with Crippen molar-refractivity contribution in [3.8, 4) is 0 Å². The van der Waals surface area contributed by atoms with Gasteiger partial charge in [-0.1, -0.05) is 0 Å². The van der Waals surface area contributed by atoms with Gasteiger partial charge in [0, 0.05) is 6.04 Å². The van der Waals surface area contributed by atoms with Gasteiger partial charge in [-0.3, -0.25) is 4.79 Å². The summed E-state index contributed by atoms with van der Waals surface area (Å²) in [4.78, 5) is 10.5. The third-order valence-corrected chi connectivity index (χ3v) is 2.19. The van der Waals surface area contributed by atoms with Crippen LogP contribution in [0.25, 0.3) is 0 Å². The van der Waals surface area contributed by atoms with Gasteiger partial charge in [0.25, 0.3) is 0 Å². The molecule has 11 heavy (non-hydrogen) atoms. The molecule has 0 aliphatic heterocycles. The lowest BCUT2D eigenvalue weighted by atomic mass is 9.83. The summed E-state index contributed by atoms with van der Waals surface area (Å²) in [6, 6.07) is -0.378. The molecule has 0 radical (unpaired) electrons. The molecule has 1 aliphatic rings. The second kappa shape index (κ2) is 3.19. The summed E-state index contributed by atoms with van der Waals surface area (Å²) in [6.07, 6.45) is 1.07. The molecule has 0 spiro atoms. The minimum atomic E-state index is -0.843. The first-order chi connectivity index (χ1) is 5.11. The van der Waals surface area contributed by atoms with E-state index in [-0.39, 0.29) is 6.04 Å². The van der Waals surface area contributed by atoms with Crippen molar-refractivity contribution in [3.63, 3.8) is 0 Å². The molecule has 3 atom stereocenters. The molecule has 1 saturated carbocycles. The first kappa shape index (κ1) is 8.49. The first-order valence-corrected chi connectivity index (χ1v) is 3.77. The van der Waals surface area contributed by atoms with Gasteiger partial charge in [-0.2, -0.15) is 0 Å². The molecule has 4 N–H and O–H groups in total. The maximum absolute atomic E-state index is 10.5. The van der Waals surface area contributed by atoms with Gasteiger partial charge in [0.2, 0.25) is 0 Å². The van der Waals surface area contributed by atoms with Crippen molar-refractivity contribution in [3.05, 3.63) is 0 Å².